The van der Waals surface area contributed by atoms with Crippen molar-refractivity contribution in [3.8, 4) is 5.88 Å². The van der Waals surface area contributed by atoms with E-state index in [9.17, 15) is 14.7 Å². The van der Waals surface area contributed by atoms with Crippen molar-refractivity contribution in [2.75, 3.05) is 0 Å². The number of aromatic amines is 1. The first-order valence-corrected chi connectivity index (χ1v) is 5.50. The van der Waals surface area contributed by atoms with Crippen molar-refractivity contribution in [2.24, 2.45) is 7.05 Å². The van der Waals surface area contributed by atoms with Gasteiger partial charge in [-0.2, -0.15) is 5.10 Å². The van der Waals surface area contributed by atoms with Crippen LogP contribution in [0.2, 0.25) is 0 Å². The molecule has 0 aliphatic heterocycles. The van der Waals surface area contributed by atoms with Crippen LogP contribution in [0.5, 0.6) is 5.88 Å². The Morgan fingerprint density at radius 2 is 2.17 bits per heavy atom. The number of nitrogens with zero attached hydrogens (tertiary/aromatic N) is 3. The van der Waals surface area contributed by atoms with E-state index in [0.717, 1.165) is 10.3 Å². The van der Waals surface area contributed by atoms with Crippen LogP contribution in [0.15, 0.2) is 21.9 Å². The third kappa shape index (κ3) is 2.06. The van der Waals surface area contributed by atoms with Gasteiger partial charge in [-0.05, 0) is 13.0 Å². The third-order valence-corrected chi connectivity index (χ3v) is 2.91. The largest absolute Gasteiger partial charge is 0.494 e. The highest BCUT2D eigenvalue weighted by Crippen LogP contribution is 2.09. The van der Waals surface area contributed by atoms with E-state index in [1.165, 1.54) is 6.92 Å². The predicted octanol–water partition coefficient (Wildman–Crippen LogP) is -0.473. The van der Waals surface area contributed by atoms with Gasteiger partial charge in [-0.25, -0.2) is 4.79 Å². The molecule has 0 unspecified atom stereocenters. The van der Waals surface area contributed by atoms with E-state index in [-0.39, 0.29) is 18.0 Å². The van der Waals surface area contributed by atoms with Gasteiger partial charge in [-0.3, -0.25) is 19.0 Å². The molecule has 7 heteroatoms. The first-order valence-electron chi connectivity index (χ1n) is 5.50. The molecule has 2 aromatic rings. The van der Waals surface area contributed by atoms with Crippen LogP contribution in [0, 0.1) is 6.92 Å². The lowest BCUT2D eigenvalue weighted by Crippen LogP contribution is -2.31. The zero-order valence-electron chi connectivity index (χ0n) is 10.2. The first kappa shape index (κ1) is 12.2. The number of aryl methyl sites for hydroxylation is 2. The molecule has 0 fully saturated rings. The van der Waals surface area contributed by atoms with Crippen LogP contribution in [0.3, 0.4) is 0 Å². The summed E-state index contributed by atoms with van der Waals surface area (Å²) in [7, 11) is 1.80. The fraction of sp³-hybridized carbons (Fsp3) is 0.364. The molecular formula is C11H14N4O3. The molecule has 0 aliphatic rings. The summed E-state index contributed by atoms with van der Waals surface area (Å²) in [5, 5.41) is 13.8. The van der Waals surface area contributed by atoms with Crippen LogP contribution >= 0.6 is 0 Å². The van der Waals surface area contributed by atoms with Crippen LogP contribution < -0.4 is 11.2 Å². The molecule has 0 radical (unpaired) electrons. The van der Waals surface area contributed by atoms with Crippen molar-refractivity contribution in [2.45, 2.75) is 19.9 Å². The molecule has 2 N–H and O–H groups in total. The molecular weight excluding hydrogens is 236 g/mol. The summed E-state index contributed by atoms with van der Waals surface area (Å²) in [5.41, 5.74) is -0.0932. The second-order valence-corrected chi connectivity index (χ2v) is 4.06. The van der Waals surface area contributed by atoms with E-state index in [1.807, 2.05) is 6.07 Å². The van der Waals surface area contributed by atoms with Crippen molar-refractivity contribution in [1.82, 2.24) is 19.3 Å². The Labute approximate surface area is 102 Å². The molecule has 2 heterocycles. The van der Waals surface area contributed by atoms with Crippen molar-refractivity contribution in [1.29, 1.82) is 0 Å². The molecule has 18 heavy (non-hydrogen) atoms. The highest BCUT2D eigenvalue weighted by Gasteiger charge is 2.10. The van der Waals surface area contributed by atoms with Crippen LogP contribution in [-0.2, 0) is 20.0 Å². The number of nitrogens with one attached hydrogen (secondary N) is 1. The van der Waals surface area contributed by atoms with E-state index >= 15 is 0 Å². The lowest BCUT2D eigenvalue weighted by Gasteiger charge is -2.09. The first-order chi connectivity index (χ1) is 8.50. The molecule has 96 valence electrons. The van der Waals surface area contributed by atoms with Crippen molar-refractivity contribution in [3.05, 3.63) is 44.4 Å². The molecule has 0 saturated heterocycles. The summed E-state index contributed by atoms with van der Waals surface area (Å²) < 4.78 is 2.84. The molecule has 0 bridgehead atoms. The second kappa shape index (κ2) is 4.52. The smallest absolute Gasteiger partial charge is 0.331 e. The van der Waals surface area contributed by atoms with Gasteiger partial charge in [0.2, 0.25) is 5.88 Å². The van der Waals surface area contributed by atoms with Gasteiger partial charge in [0.15, 0.2) is 0 Å². The summed E-state index contributed by atoms with van der Waals surface area (Å²) in [6.45, 7) is 1.75. The average molecular weight is 250 g/mol. The fourth-order valence-corrected chi connectivity index (χ4v) is 1.74. The molecule has 2 rings (SSSR count). The maximum atomic E-state index is 11.6. The van der Waals surface area contributed by atoms with E-state index in [4.69, 9.17) is 0 Å². The van der Waals surface area contributed by atoms with E-state index < -0.39 is 11.2 Å². The monoisotopic (exact) mass is 250 g/mol. The number of H-pyrrole nitrogens is 1. The van der Waals surface area contributed by atoms with E-state index in [0.29, 0.717) is 6.42 Å². The molecule has 0 saturated carbocycles. The standard InChI is InChI=1S/C11H14N4O3/c1-7-9(16)13-11(18)15(10(7)17)6-4-8-3-5-12-14(8)2/h3,5,17H,4,6H2,1-2H3,(H,13,16,18). The van der Waals surface area contributed by atoms with E-state index in [1.54, 1.807) is 17.9 Å². The number of aromatic nitrogens is 4. The summed E-state index contributed by atoms with van der Waals surface area (Å²) in [6.07, 6.45) is 2.20. The van der Waals surface area contributed by atoms with Gasteiger partial charge in [-0.15, -0.1) is 0 Å². The molecule has 0 aliphatic carbocycles. The highest BCUT2D eigenvalue weighted by molar-refractivity contribution is 5.20. The molecule has 0 atom stereocenters. The summed E-state index contributed by atoms with van der Waals surface area (Å²) in [5.74, 6) is -0.286. The van der Waals surface area contributed by atoms with Gasteiger partial charge in [-0.1, -0.05) is 0 Å². The zero-order chi connectivity index (χ0) is 13.3. The Balaban J connectivity index is 2.31. The summed E-state index contributed by atoms with van der Waals surface area (Å²) >= 11 is 0. The number of rotatable bonds is 3. The second-order valence-electron chi connectivity index (χ2n) is 4.06. The lowest BCUT2D eigenvalue weighted by atomic mass is 10.3. The molecule has 7 nitrogen and oxygen atoms in total. The lowest BCUT2D eigenvalue weighted by molar-refractivity contribution is 0.394. The Morgan fingerprint density at radius 1 is 1.44 bits per heavy atom. The van der Waals surface area contributed by atoms with Crippen molar-refractivity contribution in [3.63, 3.8) is 0 Å². The molecule has 2 aromatic heterocycles. The molecule has 0 spiro atoms. The number of aromatic hydroxyl groups is 1. The van der Waals surface area contributed by atoms with Gasteiger partial charge in [0.25, 0.3) is 5.56 Å². The Morgan fingerprint density at radius 3 is 2.78 bits per heavy atom. The average Bonchev–Trinajstić information content (AvgIpc) is 2.72. The minimum atomic E-state index is -0.606. The van der Waals surface area contributed by atoms with Crippen LogP contribution in [0.1, 0.15) is 11.3 Å². The predicted molar refractivity (Wildman–Crippen MR) is 64.6 cm³/mol. The fourth-order valence-electron chi connectivity index (χ4n) is 1.74. The molecule has 0 amide bonds. The Hall–Kier alpha value is -2.31. The van der Waals surface area contributed by atoms with Crippen LogP contribution in [-0.4, -0.2) is 24.4 Å². The molecule has 0 aromatic carbocycles. The van der Waals surface area contributed by atoms with Gasteiger partial charge < -0.3 is 5.11 Å². The van der Waals surface area contributed by atoms with Crippen LogP contribution in [0.25, 0.3) is 0 Å². The Bertz CT molecular complexity index is 680. The van der Waals surface area contributed by atoms with Gasteiger partial charge in [0.05, 0.1) is 5.56 Å². The van der Waals surface area contributed by atoms with Gasteiger partial charge in [0.1, 0.15) is 0 Å². The van der Waals surface area contributed by atoms with Crippen molar-refractivity contribution < 1.29 is 5.11 Å². The Kier molecular flexibility index (Phi) is 3.05. The SMILES string of the molecule is Cc1c(O)n(CCc2ccnn2C)c(=O)[nH]c1=O. The van der Waals surface area contributed by atoms with E-state index in [2.05, 4.69) is 10.1 Å². The quantitative estimate of drug-likeness (QED) is 0.770. The minimum Gasteiger partial charge on any atom is -0.494 e. The van der Waals surface area contributed by atoms with Crippen molar-refractivity contribution >= 4 is 0 Å². The third-order valence-electron chi connectivity index (χ3n) is 2.91. The summed E-state index contributed by atoms with van der Waals surface area (Å²) in [4.78, 5) is 25.0. The summed E-state index contributed by atoms with van der Waals surface area (Å²) in [6, 6.07) is 1.83. The normalized spacial score (nSPS) is 10.8. The van der Waals surface area contributed by atoms with Crippen LogP contribution in [0.4, 0.5) is 0 Å². The highest BCUT2D eigenvalue weighted by atomic mass is 16.3. The maximum absolute atomic E-state index is 11.6. The topological polar surface area (TPSA) is 92.9 Å². The number of hydrogen-bond donors (Lipinski definition) is 2. The zero-order valence-corrected chi connectivity index (χ0v) is 10.2. The van der Waals surface area contributed by atoms with Gasteiger partial charge >= 0.3 is 5.69 Å². The van der Waals surface area contributed by atoms with Gasteiger partial charge in [0, 0.05) is 31.9 Å². The maximum Gasteiger partial charge on any atom is 0.331 e. The number of hydrogen-bond acceptors (Lipinski definition) is 4. The minimum absolute atomic E-state index is 0.139.